The van der Waals surface area contributed by atoms with Gasteiger partial charge in [-0.3, -0.25) is 19.3 Å². The van der Waals surface area contributed by atoms with Crippen LogP contribution in [0.3, 0.4) is 0 Å². The molecule has 2 atom stereocenters. The molecular weight excluding hydrogens is 592 g/mol. The van der Waals surface area contributed by atoms with Gasteiger partial charge in [-0.15, -0.1) is 0 Å². The van der Waals surface area contributed by atoms with Gasteiger partial charge in [0.1, 0.15) is 11.2 Å². The van der Waals surface area contributed by atoms with Gasteiger partial charge in [-0.05, 0) is 68.1 Å². The summed E-state index contributed by atoms with van der Waals surface area (Å²) < 4.78 is 22.3. The fourth-order valence-corrected chi connectivity index (χ4v) is 6.34. The maximum absolute atomic E-state index is 13.7. The van der Waals surface area contributed by atoms with Gasteiger partial charge in [-0.1, -0.05) is 33.3 Å². The van der Waals surface area contributed by atoms with Crippen molar-refractivity contribution in [2.24, 2.45) is 5.41 Å². The van der Waals surface area contributed by atoms with E-state index in [1.807, 2.05) is 43.9 Å². The lowest BCUT2D eigenvalue weighted by atomic mass is 9.72. The highest BCUT2D eigenvalue weighted by molar-refractivity contribution is 6.03. The number of hydrogen-bond acceptors (Lipinski definition) is 9. The van der Waals surface area contributed by atoms with E-state index < -0.39 is 17.7 Å². The lowest BCUT2D eigenvalue weighted by Crippen LogP contribution is -2.73. The summed E-state index contributed by atoms with van der Waals surface area (Å²) in [5, 5.41) is 3.05. The average molecular weight is 637 g/mol. The molecule has 0 aromatic heterocycles. The summed E-state index contributed by atoms with van der Waals surface area (Å²) in [6, 6.07) is 11.5. The van der Waals surface area contributed by atoms with Gasteiger partial charge in [0.15, 0.2) is 17.7 Å². The molecule has 248 valence electrons. The van der Waals surface area contributed by atoms with E-state index in [1.54, 1.807) is 36.1 Å². The fourth-order valence-electron chi connectivity index (χ4n) is 6.34. The molecular formula is C34H44N4O8. The summed E-state index contributed by atoms with van der Waals surface area (Å²) in [6.45, 7) is 10.6. The van der Waals surface area contributed by atoms with Crippen LogP contribution in [0, 0.1) is 5.41 Å². The molecule has 0 bridgehead atoms. The Bertz CT molecular complexity index is 1420. The van der Waals surface area contributed by atoms with Crippen LogP contribution in [0.2, 0.25) is 0 Å². The van der Waals surface area contributed by atoms with E-state index in [1.165, 1.54) is 4.90 Å². The van der Waals surface area contributed by atoms with Crippen molar-refractivity contribution in [3.8, 4) is 17.2 Å². The van der Waals surface area contributed by atoms with Crippen molar-refractivity contribution >= 4 is 23.8 Å². The molecule has 2 aromatic carbocycles. The Kier molecular flexibility index (Phi) is 10.4. The summed E-state index contributed by atoms with van der Waals surface area (Å²) in [5.41, 5.74) is 0.533. The Balaban J connectivity index is 1.24. The summed E-state index contributed by atoms with van der Waals surface area (Å²) in [7, 11) is 0. The third-order valence-corrected chi connectivity index (χ3v) is 9.17. The van der Waals surface area contributed by atoms with Crippen LogP contribution in [0.15, 0.2) is 42.5 Å². The number of β-lactam (4-membered cyclic amide) rings is 1. The number of ether oxygens (including phenoxy) is 4. The number of benzene rings is 2. The van der Waals surface area contributed by atoms with Gasteiger partial charge in [0.25, 0.3) is 5.91 Å². The maximum atomic E-state index is 13.7. The predicted octanol–water partition coefficient (Wildman–Crippen LogP) is 4.34. The van der Waals surface area contributed by atoms with Crippen molar-refractivity contribution in [3.05, 3.63) is 53.6 Å². The van der Waals surface area contributed by atoms with Crippen molar-refractivity contribution < 1.29 is 38.1 Å². The first-order chi connectivity index (χ1) is 22.2. The molecule has 4 amide bonds. The highest BCUT2D eigenvalue weighted by Gasteiger charge is 2.63. The van der Waals surface area contributed by atoms with Gasteiger partial charge in [0, 0.05) is 31.7 Å². The number of rotatable bonds is 12. The highest BCUT2D eigenvalue weighted by Crippen LogP contribution is 2.46. The van der Waals surface area contributed by atoms with Crippen molar-refractivity contribution in [1.29, 1.82) is 0 Å². The van der Waals surface area contributed by atoms with E-state index in [9.17, 15) is 19.2 Å². The number of carbonyl (C=O) groups is 4. The van der Waals surface area contributed by atoms with Crippen LogP contribution in [0.5, 0.6) is 17.2 Å². The number of nitrogens with one attached hydrogen (secondary N) is 1. The Labute approximate surface area is 269 Å². The molecule has 1 N–H and O–H groups in total. The standard InChI is InChI=1S/C34H44N4O8/c1-5-9-26(24-12-15-27-28(20-24)45-22-44-27)35-33(42)38-31(41)34(6-2,7-3)32(38)46-25-13-10-23(11-14-25)30(40)37-18-16-36(17-19-37)21-29(39)43-8-4/h10-15,20,26,32H,5-9,16-19,21-22H2,1-4H3,(H,35,42)/t26-,32-/m0/s1. The lowest BCUT2D eigenvalue weighted by molar-refractivity contribution is -0.191. The number of nitrogens with zero attached hydrogens (tertiary/aromatic N) is 3. The minimum atomic E-state index is -0.839. The average Bonchev–Trinajstić information content (AvgIpc) is 3.54. The van der Waals surface area contributed by atoms with Gasteiger partial charge in [-0.2, -0.15) is 0 Å². The SMILES string of the molecule is CCC[C@H](NC(=O)N1C(=O)C(CC)(CC)[C@@H]1Oc1ccc(C(=O)N2CCN(CC(=O)OCC)CC2)cc1)c1ccc2c(c1)OCO2. The number of fused-ring (bicyclic) bond motifs is 1. The Hall–Kier alpha value is -4.32. The zero-order valence-corrected chi connectivity index (χ0v) is 27.1. The number of carbonyl (C=O) groups excluding carboxylic acids is 4. The van der Waals surface area contributed by atoms with Crippen LogP contribution in [0.25, 0.3) is 0 Å². The highest BCUT2D eigenvalue weighted by atomic mass is 16.7. The van der Waals surface area contributed by atoms with Crippen LogP contribution in [0.1, 0.15) is 75.3 Å². The van der Waals surface area contributed by atoms with E-state index in [0.717, 1.165) is 12.0 Å². The molecule has 3 aliphatic rings. The zero-order valence-electron chi connectivity index (χ0n) is 27.1. The van der Waals surface area contributed by atoms with Crippen LogP contribution >= 0.6 is 0 Å². The number of likely N-dealkylation sites (tertiary alicyclic amines) is 1. The van der Waals surface area contributed by atoms with E-state index >= 15 is 0 Å². The van der Waals surface area contributed by atoms with Crippen LogP contribution in [0.4, 0.5) is 4.79 Å². The summed E-state index contributed by atoms with van der Waals surface area (Å²) in [5.74, 6) is 1.11. The number of urea groups is 1. The van der Waals surface area contributed by atoms with Gasteiger partial charge in [0.05, 0.1) is 19.2 Å². The molecule has 2 aromatic rings. The summed E-state index contributed by atoms with van der Waals surface area (Å²) >= 11 is 0. The van der Waals surface area contributed by atoms with Crippen molar-refractivity contribution in [1.82, 2.24) is 20.0 Å². The van der Waals surface area contributed by atoms with Gasteiger partial charge >= 0.3 is 12.0 Å². The minimum Gasteiger partial charge on any atom is -0.469 e. The van der Waals surface area contributed by atoms with E-state index in [4.69, 9.17) is 18.9 Å². The van der Waals surface area contributed by atoms with Crippen LogP contribution in [-0.4, -0.2) is 90.9 Å². The molecule has 0 radical (unpaired) electrons. The normalized spacial score (nSPS) is 19.3. The molecule has 3 aliphatic heterocycles. The van der Waals surface area contributed by atoms with Gasteiger partial charge in [0.2, 0.25) is 12.7 Å². The van der Waals surface area contributed by atoms with Gasteiger partial charge < -0.3 is 29.2 Å². The second-order valence-corrected chi connectivity index (χ2v) is 11.8. The maximum Gasteiger partial charge on any atom is 0.327 e. The first-order valence-electron chi connectivity index (χ1n) is 16.2. The first kappa shape index (κ1) is 33.1. The Morgan fingerprint density at radius 3 is 2.30 bits per heavy atom. The van der Waals surface area contributed by atoms with Crippen molar-refractivity contribution in [3.63, 3.8) is 0 Å². The fraction of sp³-hybridized carbons (Fsp3) is 0.529. The third-order valence-electron chi connectivity index (χ3n) is 9.17. The molecule has 46 heavy (non-hydrogen) atoms. The number of piperazine rings is 1. The number of amides is 4. The number of hydrogen-bond donors (Lipinski definition) is 1. The van der Waals surface area contributed by atoms with Crippen LogP contribution in [-0.2, 0) is 14.3 Å². The number of esters is 1. The molecule has 0 aliphatic carbocycles. The van der Waals surface area contributed by atoms with Crippen molar-refractivity contribution in [2.45, 2.75) is 65.6 Å². The third kappa shape index (κ3) is 6.62. The Morgan fingerprint density at radius 2 is 1.65 bits per heavy atom. The molecule has 3 heterocycles. The predicted molar refractivity (Wildman–Crippen MR) is 168 cm³/mol. The topological polar surface area (TPSA) is 127 Å². The van der Waals surface area contributed by atoms with E-state index in [2.05, 4.69) is 5.32 Å². The molecule has 2 saturated heterocycles. The number of imide groups is 1. The summed E-state index contributed by atoms with van der Waals surface area (Å²) in [6.07, 6.45) is 1.70. The second-order valence-electron chi connectivity index (χ2n) is 11.8. The molecule has 0 saturated carbocycles. The van der Waals surface area contributed by atoms with Gasteiger partial charge in [-0.25, -0.2) is 9.69 Å². The van der Waals surface area contributed by atoms with Crippen molar-refractivity contribution in [2.75, 3.05) is 46.1 Å². The molecule has 0 unspecified atom stereocenters. The quantitative estimate of drug-likeness (QED) is 0.267. The minimum absolute atomic E-state index is 0.107. The first-order valence-corrected chi connectivity index (χ1v) is 16.2. The zero-order chi connectivity index (χ0) is 32.8. The molecule has 5 rings (SSSR count). The smallest absolute Gasteiger partial charge is 0.327 e. The van der Waals surface area contributed by atoms with Crippen LogP contribution < -0.4 is 19.5 Å². The molecule has 0 spiro atoms. The lowest BCUT2D eigenvalue weighted by Gasteiger charge is -2.53. The Morgan fingerprint density at radius 1 is 0.957 bits per heavy atom. The van der Waals surface area contributed by atoms with E-state index in [-0.39, 0.29) is 37.2 Å². The largest absolute Gasteiger partial charge is 0.469 e. The van der Waals surface area contributed by atoms with E-state index in [0.29, 0.717) is 74.9 Å². The molecule has 12 nitrogen and oxygen atoms in total. The summed E-state index contributed by atoms with van der Waals surface area (Å²) in [4.78, 5) is 57.1. The second kappa shape index (κ2) is 14.4. The monoisotopic (exact) mass is 636 g/mol. The molecule has 2 fully saturated rings. The molecule has 12 heteroatoms.